The van der Waals surface area contributed by atoms with Gasteiger partial charge in [0.1, 0.15) is 10.6 Å². The average molecular weight is 441 g/mol. The lowest BCUT2D eigenvalue weighted by atomic mass is 10.1. The molecule has 0 spiro atoms. The van der Waals surface area contributed by atoms with Crippen LogP contribution in [0.1, 0.15) is 22.8 Å². The molecule has 0 atom stereocenters. The molecule has 0 radical (unpaired) electrons. The first kappa shape index (κ1) is 21.3. The van der Waals surface area contributed by atoms with Crippen LogP contribution in [0, 0.1) is 34.5 Å². The highest BCUT2D eigenvalue weighted by molar-refractivity contribution is 6.35. The van der Waals surface area contributed by atoms with E-state index in [-0.39, 0.29) is 23.4 Å². The second-order valence-corrected chi connectivity index (χ2v) is 6.57. The summed E-state index contributed by atoms with van der Waals surface area (Å²) in [5, 5.41) is 9.91. The van der Waals surface area contributed by atoms with Crippen LogP contribution in [-0.2, 0) is 4.74 Å². The van der Waals surface area contributed by atoms with Gasteiger partial charge in [0, 0.05) is 12.3 Å². The Bertz CT molecular complexity index is 1290. The van der Waals surface area contributed by atoms with Crippen molar-refractivity contribution in [3.8, 4) is 5.69 Å². The maximum Gasteiger partial charge on any atom is 0.343 e. The predicted octanol–water partition coefficient (Wildman–Crippen LogP) is 4.45. The van der Waals surface area contributed by atoms with Gasteiger partial charge in [0.15, 0.2) is 11.6 Å². The van der Waals surface area contributed by atoms with Crippen molar-refractivity contribution >= 4 is 34.2 Å². The van der Waals surface area contributed by atoms with Crippen LogP contribution < -0.4 is 5.43 Å². The molecule has 2 aromatic carbocycles. The van der Waals surface area contributed by atoms with Crippen molar-refractivity contribution in [1.82, 2.24) is 4.57 Å². The molecule has 3 rings (SSSR count). The zero-order valence-corrected chi connectivity index (χ0v) is 16.2. The number of rotatable bonds is 4. The van der Waals surface area contributed by atoms with E-state index >= 15 is 0 Å². The summed E-state index contributed by atoms with van der Waals surface area (Å²) in [6, 6.07) is 2.25. The van der Waals surface area contributed by atoms with Gasteiger partial charge in [0.05, 0.1) is 28.1 Å². The van der Waals surface area contributed by atoms with E-state index in [0.717, 1.165) is 22.9 Å². The zero-order valence-electron chi connectivity index (χ0n) is 15.5. The number of carbonyl (C=O) groups excluding carboxylic acids is 1. The Balaban J connectivity index is 2.54. The van der Waals surface area contributed by atoms with E-state index in [1.807, 2.05) is 0 Å². The highest BCUT2D eigenvalue weighted by Gasteiger charge is 2.25. The minimum Gasteiger partial charge on any atom is -0.462 e. The third-order valence-electron chi connectivity index (χ3n) is 4.34. The van der Waals surface area contributed by atoms with E-state index < -0.39 is 55.4 Å². The Hall–Kier alpha value is -3.40. The molecule has 0 unspecified atom stereocenters. The molecule has 0 bridgehead atoms. The number of aromatic nitrogens is 1. The minimum absolute atomic E-state index is 0.0735. The molecular formula is C19H12ClF3N2O5. The van der Waals surface area contributed by atoms with Crippen molar-refractivity contribution in [2.45, 2.75) is 13.8 Å². The maximum absolute atomic E-state index is 14.2. The Morgan fingerprint density at radius 3 is 2.50 bits per heavy atom. The number of benzene rings is 2. The fourth-order valence-electron chi connectivity index (χ4n) is 2.99. The lowest BCUT2D eigenvalue weighted by Crippen LogP contribution is -2.21. The van der Waals surface area contributed by atoms with Crippen molar-refractivity contribution in [2.75, 3.05) is 6.61 Å². The van der Waals surface area contributed by atoms with E-state index in [4.69, 9.17) is 16.3 Å². The number of hydrogen-bond donors (Lipinski definition) is 0. The first-order valence-corrected chi connectivity index (χ1v) is 8.81. The van der Waals surface area contributed by atoms with E-state index in [9.17, 15) is 32.9 Å². The summed E-state index contributed by atoms with van der Waals surface area (Å²) in [5.41, 5.74) is -2.71. The van der Waals surface area contributed by atoms with Crippen molar-refractivity contribution in [1.29, 1.82) is 0 Å². The van der Waals surface area contributed by atoms with Crippen LogP contribution in [-0.4, -0.2) is 22.1 Å². The van der Waals surface area contributed by atoms with Crippen LogP contribution in [0.4, 0.5) is 18.9 Å². The van der Waals surface area contributed by atoms with E-state index in [1.165, 1.54) is 13.8 Å². The quantitative estimate of drug-likeness (QED) is 0.258. The Kier molecular flexibility index (Phi) is 5.53. The molecule has 1 aromatic heterocycles. The van der Waals surface area contributed by atoms with Gasteiger partial charge in [-0.3, -0.25) is 14.9 Å². The first-order chi connectivity index (χ1) is 14.1. The fraction of sp³-hybridized carbons (Fsp3) is 0.158. The van der Waals surface area contributed by atoms with Crippen molar-refractivity contribution in [3.05, 3.63) is 78.3 Å². The Morgan fingerprint density at radius 1 is 1.23 bits per heavy atom. The van der Waals surface area contributed by atoms with Gasteiger partial charge in [-0.2, -0.15) is 4.39 Å². The van der Waals surface area contributed by atoms with Gasteiger partial charge in [-0.1, -0.05) is 11.6 Å². The van der Waals surface area contributed by atoms with Crippen molar-refractivity contribution in [3.63, 3.8) is 0 Å². The fourth-order valence-corrected chi connectivity index (χ4v) is 3.27. The molecule has 0 N–H and O–H groups in total. The molecule has 0 saturated carbocycles. The summed E-state index contributed by atoms with van der Waals surface area (Å²) in [4.78, 5) is 35.1. The summed E-state index contributed by atoms with van der Waals surface area (Å²) in [7, 11) is 0. The molecule has 30 heavy (non-hydrogen) atoms. The number of carbonyl (C=O) groups is 1. The number of ether oxygens (including phenoxy) is 1. The largest absolute Gasteiger partial charge is 0.462 e. The predicted molar refractivity (Wildman–Crippen MR) is 102 cm³/mol. The third-order valence-corrected chi connectivity index (χ3v) is 4.69. The van der Waals surface area contributed by atoms with Crippen LogP contribution in [0.3, 0.4) is 0 Å². The lowest BCUT2D eigenvalue weighted by Gasteiger charge is -2.17. The molecule has 0 amide bonds. The molecule has 156 valence electrons. The van der Waals surface area contributed by atoms with E-state index in [0.29, 0.717) is 6.07 Å². The lowest BCUT2D eigenvalue weighted by molar-refractivity contribution is -0.387. The topological polar surface area (TPSA) is 91.4 Å². The Labute approximate surface area is 171 Å². The number of esters is 1. The molecule has 7 nitrogen and oxygen atoms in total. The minimum atomic E-state index is -1.46. The van der Waals surface area contributed by atoms with Gasteiger partial charge in [-0.25, -0.2) is 13.6 Å². The molecule has 1 heterocycles. The van der Waals surface area contributed by atoms with E-state index in [1.54, 1.807) is 0 Å². The van der Waals surface area contributed by atoms with Gasteiger partial charge in [-0.05, 0) is 31.5 Å². The SMILES string of the molecule is CCOC(=O)c1cn(-c2cc([N+](=O)[O-])c(F)cc2C)c2c(Cl)c(F)c(F)cc2c1=O. The molecule has 11 heteroatoms. The smallest absolute Gasteiger partial charge is 0.343 e. The first-order valence-electron chi connectivity index (χ1n) is 8.43. The third kappa shape index (κ3) is 3.39. The van der Waals surface area contributed by atoms with Gasteiger partial charge >= 0.3 is 11.7 Å². The molecular weight excluding hydrogens is 429 g/mol. The monoisotopic (exact) mass is 440 g/mol. The van der Waals surface area contributed by atoms with Crippen LogP contribution >= 0.6 is 11.6 Å². The second-order valence-electron chi connectivity index (χ2n) is 6.19. The van der Waals surface area contributed by atoms with Crippen LogP contribution in [0.5, 0.6) is 0 Å². The summed E-state index contributed by atoms with van der Waals surface area (Å²) >= 11 is 5.94. The van der Waals surface area contributed by atoms with Crippen molar-refractivity contribution in [2.24, 2.45) is 0 Å². The molecule has 0 saturated heterocycles. The summed E-state index contributed by atoms with van der Waals surface area (Å²) in [6.45, 7) is 2.82. The normalized spacial score (nSPS) is 11.0. The van der Waals surface area contributed by atoms with Crippen molar-refractivity contribution < 1.29 is 27.6 Å². The number of fused-ring (bicyclic) bond motifs is 1. The Morgan fingerprint density at radius 2 is 1.90 bits per heavy atom. The summed E-state index contributed by atoms with van der Waals surface area (Å²) in [5.74, 6) is -5.07. The number of nitro benzene ring substituents is 1. The molecule has 0 aliphatic heterocycles. The number of aryl methyl sites for hydroxylation is 1. The number of hydrogen-bond acceptors (Lipinski definition) is 5. The number of nitro groups is 1. The zero-order chi connectivity index (χ0) is 22.3. The van der Waals surface area contributed by atoms with Gasteiger partial charge < -0.3 is 9.30 Å². The highest BCUT2D eigenvalue weighted by Crippen LogP contribution is 2.32. The van der Waals surface area contributed by atoms with E-state index in [2.05, 4.69) is 0 Å². The standard InChI is InChI=1S/C19H12ClF3N2O5/c1-3-30-19(27)10-7-24(13-6-14(25(28)29)11(21)4-8(13)2)17-9(18(10)26)5-12(22)16(23)15(17)20/h4-7H,3H2,1-2H3. The molecule has 0 aliphatic rings. The second kappa shape index (κ2) is 7.79. The number of pyridine rings is 1. The summed E-state index contributed by atoms with van der Waals surface area (Å²) < 4.78 is 47.9. The van der Waals surface area contributed by atoms with Crippen LogP contribution in [0.15, 0.2) is 29.2 Å². The number of nitrogens with zero attached hydrogens (tertiary/aromatic N) is 2. The average Bonchev–Trinajstić information content (AvgIpc) is 2.67. The van der Waals surface area contributed by atoms with Gasteiger partial charge in [0.25, 0.3) is 0 Å². The molecule has 3 aromatic rings. The van der Waals surface area contributed by atoms with Gasteiger partial charge in [0.2, 0.25) is 11.2 Å². The van der Waals surface area contributed by atoms with Crippen LogP contribution in [0.2, 0.25) is 5.02 Å². The number of halogens is 4. The maximum atomic E-state index is 14.2. The molecule has 0 fully saturated rings. The highest BCUT2D eigenvalue weighted by atomic mass is 35.5. The van der Waals surface area contributed by atoms with Crippen LogP contribution in [0.25, 0.3) is 16.6 Å². The molecule has 0 aliphatic carbocycles. The summed E-state index contributed by atoms with van der Waals surface area (Å²) in [6.07, 6.45) is 0.940. The van der Waals surface area contributed by atoms with Gasteiger partial charge in [-0.15, -0.1) is 0 Å².